The summed E-state index contributed by atoms with van der Waals surface area (Å²) in [7, 11) is -5.89. The molecular formula is C19H21F6NO7S. The van der Waals surface area contributed by atoms with Crippen molar-refractivity contribution in [2.75, 3.05) is 12.3 Å². The first-order valence-corrected chi connectivity index (χ1v) is 12.2. The number of ether oxygens (including phenoxy) is 1. The SMILES string of the molecule is O=C(CC12CCC(C1)C1CN(C(=O)C3CC3)C(=O)C12)OC(CS(=O)(=O)O)(C(F)(F)F)C(F)(F)F. The molecule has 8 nitrogen and oxygen atoms in total. The number of rotatable bonds is 6. The fourth-order valence-corrected chi connectivity index (χ4v) is 6.91. The number of carbonyl (C=O) groups is 3. The second kappa shape index (κ2) is 7.55. The average molecular weight is 521 g/mol. The van der Waals surface area contributed by atoms with Crippen LogP contribution >= 0.6 is 0 Å². The predicted molar refractivity (Wildman–Crippen MR) is 98.2 cm³/mol. The highest BCUT2D eigenvalue weighted by atomic mass is 32.2. The first kappa shape index (κ1) is 25.2. The number of imide groups is 1. The zero-order valence-electron chi connectivity index (χ0n) is 17.5. The largest absolute Gasteiger partial charge is 0.438 e. The fourth-order valence-electron chi connectivity index (χ4n) is 6.01. The molecule has 2 bridgehead atoms. The molecule has 1 saturated heterocycles. The van der Waals surface area contributed by atoms with Crippen LogP contribution in [0.4, 0.5) is 26.3 Å². The lowest BCUT2D eigenvalue weighted by atomic mass is 9.69. The molecule has 0 spiro atoms. The van der Waals surface area contributed by atoms with E-state index >= 15 is 0 Å². The van der Waals surface area contributed by atoms with Gasteiger partial charge in [-0.2, -0.15) is 34.8 Å². The summed E-state index contributed by atoms with van der Waals surface area (Å²) >= 11 is 0. The minimum absolute atomic E-state index is 0.0953. The Labute approximate surface area is 189 Å². The molecule has 4 atom stereocenters. The van der Waals surface area contributed by atoms with Crippen molar-refractivity contribution in [3.8, 4) is 0 Å². The van der Waals surface area contributed by atoms with E-state index in [1.807, 2.05) is 0 Å². The van der Waals surface area contributed by atoms with Crippen molar-refractivity contribution >= 4 is 27.9 Å². The fraction of sp³-hybridized carbons (Fsp3) is 0.842. The van der Waals surface area contributed by atoms with Crippen molar-refractivity contribution in [1.29, 1.82) is 0 Å². The van der Waals surface area contributed by atoms with Crippen molar-refractivity contribution in [3.63, 3.8) is 0 Å². The molecule has 4 unspecified atom stereocenters. The molecule has 0 aromatic carbocycles. The summed E-state index contributed by atoms with van der Waals surface area (Å²) in [5.74, 6) is -7.58. The highest BCUT2D eigenvalue weighted by molar-refractivity contribution is 7.85. The van der Waals surface area contributed by atoms with Crippen LogP contribution in [-0.2, 0) is 29.2 Å². The maximum atomic E-state index is 13.5. The molecule has 4 rings (SSSR count). The van der Waals surface area contributed by atoms with Crippen LogP contribution in [0.15, 0.2) is 0 Å². The van der Waals surface area contributed by atoms with Crippen molar-refractivity contribution in [1.82, 2.24) is 4.90 Å². The van der Waals surface area contributed by atoms with Gasteiger partial charge >= 0.3 is 23.9 Å². The molecule has 4 aliphatic rings. The van der Waals surface area contributed by atoms with E-state index in [-0.39, 0.29) is 43.0 Å². The zero-order valence-corrected chi connectivity index (χ0v) is 18.3. The third-order valence-corrected chi connectivity index (χ3v) is 8.35. The van der Waals surface area contributed by atoms with Gasteiger partial charge in [0.15, 0.2) is 0 Å². The number of halogens is 6. The molecule has 0 aromatic rings. The molecule has 15 heteroatoms. The summed E-state index contributed by atoms with van der Waals surface area (Å²) in [6.45, 7) is 0.0953. The minimum atomic E-state index is -6.42. The number of likely N-dealkylation sites (tertiary alicyclic amines) is 1. The predicted octanol–water partition coefficient (Wildman–Crippen LogP) is 2.48. The number of hydrogen-bond donors (Lipinski definition) is 1. The molecule has 1 N–H and O–H groups in total. The monoisotopic (exact) mass is 521 g/mol. The minimum Gasteiger partial charge on any atom is -0.438 e. The molecule has 2 amide bonds. The number of alkyl halides is 6. The summed E-state index contributed by atoms with van der Waals surface area (Å²) in [5.41, 5.74) is -6.77. The van der Waals surface area contributed by atoms with Crippen molar-refractivity contribution in [2.45, 2.75) is 56.5 Å². The summed E-state index contributed by atoms with van der Waals surface area (Å²) < 4.78 is 116. The highest BCUT2D eigenvalue weighted by Gasteiger charge is 2.76. The van der Waals surface area contributed by atoms with Gasteiger partial charge in [0, 0.05) is 18.4 Å². The van der Waals surface area contributed by atoms with Gasteiger partial charge in [0.2, 0.25) is 11.8 Å². The maximum Gasteiger partial charge on any atom is 0.438 e. The van der Waals surface area contributed by atoms with E-state index in [1.54, 1.807) is 0 Å². The van der Waals surface area contributed by atoms with Gasteiger partial charge in [-0.05, 0) is 49.4 Å². The highest BCUT2D eigenvalue weighted by Crippen LogP contribution is 2.65. The molecular weight excluding hydrogens is 500 g/mol. The second-order valence-corrected chi connectivity index (χ2v) is 11.2. The van der Waals surface area contributed by atoms with E-state index in [9.17, 15) is 49.1 Å². The van der Waals surface area contributed by atoms with Gasteiger partial charge in [0.1, 0.15) is 5.75 Å². The molecule has 1 aliphatic heterocycles. The molecule has 34 heavy (non-hydrogen) atoms. The van der Waals surface area contributed by atoms with Crippen molar-refractivity contribution in [3.05, 3.63) is 0 Å². The van der Waals surface area contributed by atoms with Crippen molar-refractivity contribution in [2.24, 2.45) is 29.1 Å². The van der Waals surface area contributed by atoms with E-state index in [0.717, 1.165) is 4.90 Å². The van der Waals surface area contributed by atoms with Gasteiger partial charge in [-0.15, -0.1) is 0 Å². The van der Waals surface area contributed by atoms with Crippen LogP contribution in [-0.4, -0.2) is 65.9 Å². The van der Waals surface area contributed by atoms with Gasteiger partial charge < -0.3 is 4.74 Å². The molecule has 3 aliphatic carbocycles. The Morgan fingerprint density at radius 1 is 1.09 bits per heavy atom. The van der Waals surface area contributed by atoms with Crippen LogP contribution < -0.4 is 0 Å². The lowest BCUT2D eigenvalue weighted by molar-refractivity contribution is -0.361. The molecule has 192 valence electrons. The Morgan fingerprint density at radius 2 is 1.68 bits per heavy atom. The first-order chi connectivity index (χ1) is 15.4. The second-order valence-electron chi connectivity index (χ2n) is 9.77. The van der Waals surface area contributed by atoms with E-state index in [2.05, 4.69) is 4.74 Å². The lowest BCUT2D eigenvalue weighted by Gasteiger charge is -2.38. The number of fused-ring (bicyclic) bond motifs is 5. The van der Waals surface area contributed by atoms with Crippen LogP contribution in [0, 0.1) is 29.1 Å². The first-order valence-electron chi connectivity index (χ1n) is 10.6. The smallest absolute Gasteiger partial charge is 0.438 e. The Kier molecular flexibility index (Phi) is 5.59. The number of nitrogens with zero attached hydrogens (tertiary/aromatic N) is 1. The van der Waals surface area contributed by atoms with Crippen LogP contribution in [0.3, 0.4) is 0 Å². The lowest BCUT2D eigenvalue weighted by Crippen LogP contribution is -2.63. The molecule has 4 fully saturated rings. The summed E-state index contributed by atoms with van der Waals surface area (Å²) in [6.07, 6.45) is -11.7. The molecule has 3 saturated carbocycles. The van der Waals surface area contributed by atoms with E-state index in [0.29, 0.717) is 19.3 Å². The van der Waals surface area contributed by atoms with E-state index < -0.39 is 63.5 Å². The average Bonchev–Trinajstić information content (AvgIpc) is 3.23. The quantitative estimate of drug-likeness (QED) is 0.247. The third kappa shape index (κ3) is 3.97. The van der Waals surface area contributed by atoms with Crippen LogP contribution in [0.5, 0.6) is 0 Å². The summed E-state index contributed by atoms with van der Waals surface area (Å²) in [4.78, 5) is 39.0. The zero-order chi connectivity index (χ0) is 25.5. The molecule has 0 aromatic heterocycles. The summed E-state index contributed by atoms with van der Waals surface area (Å²) in [5, 5.41) is 0. The Balaban J connectivity index is 1.60. The van der Waals surface area contributed by atoms with Gasteiger partial charge in [-0.3, -0.25) is 23.8 Å². The van der Waals surface area contributed by atoms with Crippen LogP contribution in [0.25, 0.3) is 0 Å². The van der Waals surface area contributed by atoms with Gasteiger partial charge in [-0.1, -0.05) is 0 Å². The van der Waals surface area contributed by atoms with E-state index in [1.165, 1.54) is 0 Å². The maximum absolute atomic E-state index is 13.5. The van der Waals surface area contributed by atoms with Gasteiger partial charge in [0.25, 0.3) is 10.1 Å². The number of amides is 2. The Morgan fingerprint density at radius 3 is 2.18 bits per heavy atom. The number of esters is 1. The van der Waals surface area contributed by atoms with Crippen LogP contribution in [0.2, 0.25) is 0 Å². The normalized spacial score (nSPS) is 31.7. The Bertz CT molecular complexity index is 1010. The molecule has 1 heterocycles. The Hall–Kier alpha value is -1.90. The van der Waals surface area contributed by atoms with Crippen molar-refractivity contribution < 1.29 is 58.4 Å². The van der Waals surface area contributed by atoms with Gasteiger partial charge in [-0.25, -0.2) is 0 Å². The topological polar surface area (TPSA) is 118 Å². The summed E-state index contributed by atoms with van der Waals surface area (Å²) in [6, 6.07) is 0. The number of carbonyl (C=O) groups excluding carboxylic acids is 3. The van der Waals surface area contributed by atoms with Crippen LogP contribution in [0.1, 0.15) is 38.5 Å². The number of hydrogen-bond acceptors (Lipinski definition) is 6. The van der Waals surface area contributed by atoms with E-state index in [4.69, 9.17) is 4.55 Å². The standard InChI is InChI=1S/C19H21F6NO7S/c20-18(21,22)17(19(23,24)25,8-34(30,31)32)33-12(27)6-16-4-3-10(5-16)11-7-26(15(29)13(11)16)14(28)9-1-2-9/h9-11,13H,1-8H2,(H,30,31,32). The molecule has 0 radical (unpaired) electrons. The van der Waals surface area contributed by atoms with Gasteiger partial charge in [0.05, 0.1) is 6.42 Å². The third-order valence-electron chi connectivity index (χ3n) is 7.58.